The highest BCUT2D eigenvalue weighted by Crippen LogP contribution is 2.41. The first-order chi connectivity index (χ1) is 19.5. The summed E-state index contributed by atoms with van der Waals surface area (Å²) in [6, 6.07) is 12.7. The van der Waals surface area contributed by atoms with Crippen molar-refractivity contribution in [1.29, 1.82) is 0 Å². The number of amides is 2. The Hall–Kier alpha value is -4.24. The molecule has 7 rings (SSSR count). The minimum atomic E-state index is -0.0308. The average molecular weight is 537 g/mol. The molecular formula is C31H32N6O3. The average Bonchev–Trinajstić information content (AvgIpc) is 3.47. The van der Waals surface area contributed by atoms with Gasteiger partial charge in [-0.2, -0.15) is 0 Å². The molecule has 3 aliphatic rings. The number of pyridine rings is 2. The van der Waals surface area contributed by atoms with Crippen molar-refractivity contribution in [3.05, 3.63) is 77.9 Å². The Balaban J connectivity index is 1.17. The molecule has 9 heteroatoms. The van der Waals surface area contributed by atoms with Gasteiger partial charge in [-0.05, 0) is 61.1 Å². The van der Waals surface area contributed by atoms with Crippen LogP contribution in [0.1, 0.15) is 53.7 Å². The van der Waals surface area contributed by atoms with Crippen molar-refractivity contribution in [1.82, 2.24) is 24.2 Å². The van der Waals surface area contributed by atoms with E-state index in [9.17, 15) is 9.59 Å². The third-order valence-electron chi connectivity index (χ3n) is 8.43. The molecule has 2 saturated heterocycles. The monoisotopic (exact) mass is 536 g/mol. The highest BCUT2D eigenvalue weighted by molar-refractivity contribution is 5.94. The predicted molar refractivity (Wildman–Crippen MR) is 151 cm³/mol. The van der Waals surface area contributed by atoms with Crippen LogP contribution in [0, 0.1) is 0 Å². The van der Waals surface area contributed by atoms with Crippen LogP contribution < -0.4 is 5.32 Å². The largest absolute Gasteiger partial charge is 0.378 e. The molecule has 2 fully saturated rings. The highest BCUT2D eigenvalue weighted by Gasteiger charge is 2.37. The van der Waals surface area contributed by atoms with E-state index in [-0.39, 0.29) is 17.9 Å². The number of ether oxygens (including phenoxy) is 1. The summed E-state index contributed by atoms with van der Waals surface area (Å²) in [5.41, 5.74) is 6.63. The van der Waals surface area contributed by atoms with Crippen LogP contribution in [-0.2, 0) is 16.0 Å². The lowest BCUT2D eigenvalue weighted by Gasteiger charge is -2.44. The molecule has 40 heavy (non-hydrogen) atoms. The van der Waals surface area contributed by atoms with Crippen molar-refractivity contribution in [2.45, 2.75) is 44.7 Å². The fraction of sp³-hybridized carbons (Fsp3) is 0.355. The molecule has 0 unspecified atom stereocenters. The van der Waals surface area contributed by atoms with Gasteiger partial charge in [-0.25, -0.2) is 9.97 Å². The van der Waals surface area contributed by atoms with E-state index in [2.05, 4.69) is 57.6 Å². The van der Waals surface area contributed by atoms with E-state index in [1.807, 2.05) is 16.7 Å². The fourth-order valence-corrected chi connectivity index (χ4v) is 6.40. The summed E-state index contributed by atoms with van der Waals surface area (Å²) in [5.74, 6) is 0.829. The minimum Gasteiger partial charge on any atom is -0.378 e. The molecule has 2 amide bonds. The molecule has 0 spiro atoms. The van der Waals surface area contributed by atoms with Gasteiger partial charge in [0.2, 0.25) is 5.91 Å². The number of hydrogen-bond donors (Lipinski definition) is 1. The number of fused-ring (bicyclic) bond motifs is 4. The minimum absolute atomic E-state index is 0.0308. The highest BCUT2D eigenvalue weighted by atomic mass is 16.5. The SMILES string of the molecule is C[C@H]1CCC[C@H]2c3ccc(-c4cc(Nc5ccc(C(=O)N6CCOCC6)cn5)c5nccn5c4)cc3CC(=O)N12. The summed E-state index contributed by atoms with van der Waals surface area (Å²) >= 11 is 0. The molecule has 204 valence electrons. The number of carbonyl (C=O) groups excluding carboxylic acids is 2. The van der Waals surface area contributed by atoms with Crippen LogP contribution in [0.25, 0.3) is 16.8 Å². The van der Waals surface area contributed by atoms with Gasteiger partial charge in [0.15, 0.2) is 5.65 Å². The Morgan fingerprint density at radius 3 is 2.75 bits per heavy atom. The van der Waals surface area contributed by atoms with Gasteiger partial charge in [0.25, 0.3) is 5.91 Å². The molecule has 3 aliphatic heterocycles. The molecule has 4 aromatic rings. The van der Waals surface area contributed by atoms with Crippen LogP contribution in [0.5, 0.6) is 0 Å². The summed E-state index contributed by atoms with van der Waals surface area (Å²) in [4.78, 5) is 38.8. The number of nitrogens with zero attached hydrogens (tertiary/aromatic N) is 5. The van der Waals surface area contributed by atoms with E-state index in [0.717, 1.165) is 47.3 Å². The van der Waals surface area contributed by atoms with E-state index in [1.165, 1.54) is 5.56 Å². The van der Waals surface area contributed by atoms with Crippen molar-refractivity contribution in [3.63, 3.8) is 0 Å². The van der Waals surface area contributed by atoms with Crippen LogP contribution in [0.3, 0.4) is 0 Å². The maximum Gasteiger partial charge on any atom is 0.255 e. The van der Waals surface area contributed by atoms with Gasteiger partial charge in [0.1, 0.15) is 5.82 Å². The van der Waals surface area contributed by atoms with Crippen molar-refractivity contribution >= 4 is 29.0 Å². The molecule has 0 aliphatic carbocycles. The predicted octanol–water partition coefficient (Wildman–Crippen LogP) is 4.61. The third-order valence-corrected chi connectivity index (χ3v) is 8.43. The Labute approximate surface area is 232 Å². The Morgan fingerprint density at radius 1 is 1.05 bits per heavy atom. The molecule has 0 saturated carbocycles. The number of anilines is 2. The van der Waals surface area contributed by atoms with Crippen molar-refractivity contribution in [3.8, 4) is 11.1 Å². The van der Waals surface area contributed by atoms with E-state index in [4.69, 9.17) is 4.74 Å². The number of nitrogens with one attached hydrogen (secondary N) is 1. The first-order valence-electron chi connectivity index (χ1n) is 14.1. The molecular weight excluding hydrogens is 504 g/mol. The van der Waals surface area contributed by atoms with E-state index in [0.29, 0.717) is 50.1 Å². The van der Waals surface area contributed by atoms with Crippen molar-refractivity contribution in [2.24, 2.45) is 0 Å². The number of carbonyl (C=O) groups is 2. The third kappa shape index (κ3) is 4.40. The summed E-state index contributed by atoms with van der Waals surface area (Å²) in [7, 11) is 0. The normalized spacial score (nSPS) is 20.8. The second-order valence-corrected chi connectivity index (χ2v) is 10.9. The zero-order valence-electron chi connectivity index (χ0n) is 22.5. The van der Waals surface area contributed by atoms with E-state index in [1.54, 1.807) is 23.4 Å². The summed E-state index contributed by atoms with van der Waals surface area (Å²) in [6.07, 6.45) is 11.1. The summed E-state index contributed by atoms with van der Waals surface area (Å²) in [6.45, 7) is 4.49. The molecule has 0 radical (unpaired) electrons. The quantitative estimate of drug-likeness (QED) is 0.410. The topological polar surface area (TPSA) is 92.1 Å². The van der Waals surface area contributed by atoms with Gasteiger partial charge in [-0.3, -0.25) is 9.59 Å². The molecule has 9 nitrogen and oxygen atoms in total. The first-order valence-corrected chi connectivity index (χ1v) is 14.1. The summed E-state index contributed by atoms with van der Waals surface area (Å²) in [5, 5.41) is 3.40. The van der Waals surface area contributed by atoms with Gasteiger partial charge in [-0.1, -0.05) is 18.2 Å². The van der Waals surface area contributed by atoms with E-state index < -0.39 is 0 Å². The van der Waals surface area contributed by atoms with Crippen LogP contribution >= 0.6 is 0 Å². The summed E-state index contributed by atoms with van der Waals surface area (Å²) < 4.78 is 7.34. The Morgan fingerprint density at radius 2 is 1.93 bits per heavy atom. The molecule has 2 atom stereocenters. The van der Waals surface area contributed by atoms with E-state index >= 15 is 0 Å². The standard InChI is InChI=1S/C31H32N6O3/c1-20-3-2-4-27-25-7-5-21(15-23(25)17-29(38)37(20)27)24-16-26(30-32-9-10-36(30)19-24)34-28-8-6-22(18-33-28)31(39)35-11-13-40-14-12-35/h5-10,15-16,18-20,27H,2-4,11-14,17H2,1H3,(H,33,34)/t20-,27-/m0/s1. The number of imidazole rings is 1. The number of aromatic nitrogens is 3. The van der Waals surface area contributed by atoms with Crippen molar-refractivity contribution in [2.75, 3.05) is 31.6 Å². The van der Waals surface area contributed by atoms with Crippen LogP contribution in [0.2, 0.25) is 0 Å². The zero-order chi connectivity index (χ0) is 27.2. The van der Waals surface area contributed by atoms with Crippen LogP contribution in [0.15, 0.2) is 61.2 Å². The molecule has 3 aromatic heterocycles. The molecule has 0 bridgehead atoms. The molecule has 6 heterocycles. The van der Waals surface area contributed by atoms with Crippen LogP contribution in [-0.4, -0.2) is 68.3 Å². The van der Waals surface area contributed by atoms with Crippen molar-refractivity contribution < 1.29 is 14.3 Å². The lowest BCUT2D eigenvalue weighted by molar-refractivity contribution is -0.138. The number of hydrogen-bond acceptors (Lipinski definition) is 6. The smallest absolute Gasteiger partial charge is 0.255 e. The number of rotatable bonds is 4. The van der Waals surface area contributed by atoms with Gasteiger partial charge in [0, 0.05) is 49.5 Å². The second-order valence-electron chi connectivity index (χ2n) is 10.9. The van der Waals surface area contributed by atoms with Gasteiger partial charge >= 0.3 is 0 Å². The Kier molecular flexibility index (Phi) is 6.23. The molecule has 1 aromatic carbocycles. The molecule has 1 N–H and O–H groups in total. The van der Waals surface area contributed by atoms with Gasteiger partial charge < -0.3 is 24.3 Å². The lowest BCUT2D eigenvalue weighted by atomic mass is 9.83. The number of piperidine rings is 1. The second kappa shape index (κ2) is 10.1. The maximum atomic E-state index is 13.1. The number of morpholine rings is 1. The van der Waals surface area contributed by atoms with Gasteiger partial charge in [0.05, 0.1) is 36.9 Å². The maximum absolute atomic E-state index is 13.1. The number of benzene rings is 1. The van der Waals surface area contributed by atoms with Gasteiger partial charge in [-0.15, -0.1) is 0 Å². The zero-order valence-corrected chi connectivity index (χ0v) is 22.5. The fourth-order valence-electron chi connectivity index (χ4n) is 6.40. The Bertz CT molecular complexity index is 1590. The lowest BCUT2D eigenvalue weighted by Crippen LogP contribution is -2.47. The first kappa shape index (κ1) is 24.8. The van der Waals surface area contributed by atoms with Crippen LogP contribution in [0.4, 0.5) is 11.5 Å².